The molecule has 0 aliphatic carbocycles. The normalized spacial score (nSPS) is 16.5. The molecule has 2 rings (SSSR count). The third-order valence-corrected chi connectivity index (χ3v) is 4.35. The second-order valence-electron chi connectivity index (χ2n) is 7.19. The number of fused-ring (bicyclic) bond motifs is 1. The highest BCUT2D eigenvalue weighted by Gasteiger charge is 2.25. The fourth-order valence-electron chi connectivity index (χ4n) is 2.86. The first-order valence-corrected chi connectivity index (χ1v) is 7.98. The third kappa shape index (κ3) is 3.65. The molecule has 1 amide bonds. The molecule has 1 unspecified atom stereocenters. The van der Waals surface area contributed by atoms with E-state index in [-0.39, 0.29) is 17.4 Å². The van der Waals surface area contributed by atoms with Crippen LogP contribution in [0.25, 0.3) is 0 Å². The quantitative estimate of drug-likeness (QED) is 0.926. The van der Waals surface area contributed by atoms with Crippen molar-refractivity contribution in [1.82, 2.24) is 4.90 Å². The number of hydrogen-bond acceptors (Lipinski definition) is 2. The highest BCUT2D eigenvalue weighted by molar-refractivity contribution is 5.76. The third-order valence-electron chi connectivity index (χ3n) is 4.35. The second kappa shape index (κ2) is 6.18. The number of amides is 1. The van der Waals surface area contributed by atoms with Gasteiger partial charge in [0.25, 0.3) is 0 Å². The van der Waals surface area contributed by atoms with Crippen molar-refractivity contribution in [2.24, 2.45) is 11.1 Å². The van der Waals surface area contributed by atoms with Crippen LogP contribution >= 0.6 is 0 Å². The van der Waals surface area contributed by atoms with Crippen LogP contribution in [-0.2, 0) is 17.8 Å². The van der Waals surface area contributed by atoms with Crippen molar-refractivity contribution < 1.29 is 4.79 Å². The molecular weight excluding hydrogens is 260 g/mol. The first kappa shape index (κ1) is 16.0. The Kier molecular flexibility index (Phi) is 4.72. The Morgan fingerprint density at radius 3 is 2.67 bits per heavy atom. The van der Waals surface area contributed by atoms with E-state index in [2.05, 4.69) is 45.9 Å². The summed E-state index contributed by atoms with van der Waals surface area (Å²) >= 11 is 0. The highest BCUT2D eigenvalue weighted by Crippen LogP contribution is 2.32. The molecule has 3 heteroatoms. The second-order valence-corrected chi connectivity index (χ2v) is 7.19. The van der Waals surface area contributed by atoms with Crippen molar-refractivity contribution >= 4 is 5.91 Å². The Labute approximate surface area is 128 Å². The molecule has 1 atom stereocenters. The maximum atomic E-state index is 12.1. The van der Waals surface area contributed by atoms with Crippen LogP contribution < -0.4 is 5.73 Å². The van der Waals surface area contributed by atoms with Crippen LogP contribution in [0.4, 0.5) is 0 Å². The van der Waals surface area contributed by atoms with Crippen LogP contribution in [0.5, 0.6) is 0 Å². The minimum absolute atomic E-state index is 0.0181. The molecule has 0 spiro atoms. The van der Waals surface area contributed by atoms with E-state index in [1.165, 1.54) is 16.7 Å². The first-order chi connectivity index (χ1) is 9.82. The van der Waals surface area contributed by atoms with Gasteiger partial charge < -0.3 is 10.6 Å². The molecule has 0 saturated carbocycles. The molecule has 2 N–H and O–H groups in total. The van der Waals surface area contributed by atoms with Gasteiger partial charge in [-0.2, -0.15) is 0 Å². The molecule has 1 aromatic rings. The minimum Gasteiger partial charge on any atom is -0.338 e. The molecule has 1 heterocycles. The summed E-state index contributed by atoms with van der Waals surface area (Å²) in [5.41, 5.74) is 10.2. The molecule has 0 aromatic heterocycles. The van der Waals surface area contributed by atoms with E-state index in [1.807, 2.05) is 4.90 Å². The van der Waals surface area contributed by atoms with Crippen LogP contribution in [0.3, 0.4) is 0 Å². The Bertz CT molecular complexity index is 516. The van der Waals surface area contributed by atoms with Crippen molar-refractivity contribution in [2.75, 3.05) is 6.54 Å². The van der Waals surface area contributed by atoms with Crippen LogP contribution in [0.15, 0.2) is 18.2 Å². The van der Waals surface area contributed by atoms with Crippen LogP contribution in [0.2, 0.25) is 0 Å². The van der Waals surface area contributed by atoms with E-state index in [0.717, 1.165) is 25.9 Å². The summed E-state index contributed by atoms with van der Waals surface area (Å²) in [6, 6.07) is 6.57. The zero-order valence-electron chi connectivity index (χ0n) is 13.8. The van der Waals surface area contributed by atoms with Gasteiger partial charge in [0.05, 0.1) is 0 Å². The lowest BCUT2D eigenvalue weighted by atomic mass is 9.82. The van der Waals surface area contributed by atoms with Gasteiger partial charge in [-0.25, -0.2) is 0 Å². The Balaban J connectivity index is 2.20. The molecule has 1 aliphatic rings. The van der Waals surface area contributed by atoms with Gasteiger partial charge >= 0.3 is 0 Å². The molecule has 21 heavy (non-hydrogen) atoms. The summed E-state index contributed by atoms with van der Waals surface area (Å²) < 4.78 is 0. The number of nitrogens with zero attached hydrogens (tertiary/aromatic N) is 1. The van der Waals surface area contributed by atoms with Crippen molar-refractivity contribution in [1.29, 1.82) is 0 Å². The van der Waals surface area contributed by atoms with E-state index in [0.29, 0.717) is 6.42 Å². The van der Waals surface area contributed by atoms with E-state index < -0.39 is 0 Å². The predicted molar refractivity (Wildman–Crippen MR) is 86.9 cm³/mol. The maximum Gasteiger partial charge on any atom is 0.222 e. The molecule has 116 valence electrons. The Morgan fingerprint density at radius 2 is 2.05 bits per heavy atom. The first-order valence-electron chi connectivity index (χ1n) is 7.98. The number of carbonyl (C=O) groups excluding carboxylic acids is 1. The Morgan fingerprint density at radius 1 is 1.33 bits per heavy atom. The molecule has 0 fully saturated rings. The van der Waals surface area contributed by atoms with Crippen molar-refractivity contribution in [2.45, 2.75) is 59.5 Å². The fraction of sp³-hybridized carbons (Fsp3) is 0.611. The number of benzene rings is 1. The predicted octanol–water partition coefficient (Wildman–Crippen LogP) is 3.42. The van der Waals surface area contributed by atoms with Crippen molar-refractivity contribution in [3.8, 4) is 0 Å². The molecule has 1 aromatic carbocycles. The lowest BCUT2D eigenvalue weighted by molar-refractivity contribution is -0.132. The van der Waals surface area contributed by atoms with Crippen LogP contribution in [-0.4, -0.2) is 17.4 Å². The lowest BCUT2D eigenvalue weighted by Crippen LogP contribution is -2.36. The topological polar surface area (TPSA) is 46.3 Å². The van der Waals surface area contributed by atoms with Crippen molar-refractivity contribution in [3.63, 3.8) is 0 Å². The molecule has 0 bridgehead atoms. The summed E-state index contributed by atoms with van der Waals surface area (Å²) in [7, 11) is 0. The fourth-order valence-corrected chi connectivity index (χ4v) is 2.86. The molecule has 3 nitrogen and oxygen atoms in total. The van der Waals surface area contributed by atoms with Crippen LogP contribution in [0.1, 0.15) is 63.3 Å². The van der Waals surface area contributed by atoms with E-state index in [1.54, 1.807) is 0 Å². The van der Waals surface area contributed by atoms with Gasteiger partial charge in [-0.1, -0.05) is 45.9 Å². The van der Waals surface area contributed by atoms with Gasteiger partial charge in [-0.3, -0.25) is 4.79 Å². The SMILES string of the molecule is CCCC(=O)N1CCc2ccc(C(N)C(C)(C)C)cc2C1. The molecule has 1 aliphatic heterocycles. The van der Waals surface area contributed by atoms with Gasteiger partial charge in [0.2, 0.25) is 5.91 Å². The number of carbonyl (C=O) groups is 1. The minimum atomic E-state index is 0.0181. The summed E-state index contributed by atoms with van der Waals surface area (Å²) in [5.74, 6) is 0.272. The average molecular weight is 288 g/mol. The summed E-state index contributed by atoms with van der Waals surface area (Å²) in [4.78, 5) is 14.1. The zero-order valence-corrected chi connectivity index (χ0v) is 13.8. The highest BCUT2D eigenvalue weighted by atomic mass is 16.2. The molecule has 0 saturated heterocycles. The van der Waals surface area contributed by atoms with E-state index in [4.69, 9.17) is 5.73 Å². The maximum absolute atomic E-state index is 12.1. The number of nitrogens with two attached hydrogens (primary N) is 1. The van der Waals surface area contributed by atoms with Crippen LogP contribution in [0, 0.1) is 5.41 Å². The van der Waals surface area contributed by atoms with E-state index >= 15 is 0 Å². The number of rotatable bonds is 3. The standard InChI is InChI=1S/C18H28N2O/c1-5-6-16(21)20-10-9-13-7-8-14(11-15(13)12-20)17(19)18(2,3)4/h7-8,11,17H,5-6,9-10,12,19H2,1-4H3. The zero-order chi connectivity index (χ0) is 15.6. The van der Waals surface area contributed by atoms with Gasteiger partial charge in [-0.05, 0) is 34.9 Å². The Hall–Kier alpha value is -1.35. The van der Waals surface area contributed by atoms with E-state index in [9.17, 15) is 4.79 Å². The van der Waals surface area contributed by atoms with Gasteiger partial charge in [0, 0.05) is 25.6 Å². The largest absolute Gasteiger partial charge is 0.338 e. The smallest absolute Gasteiger partial charge is 0.222 e. The summed E-state index contributed by atoms with van der Waals surface area (Å²) in [6.07, 6.45) is 2.52. The summed E-state index contributed by atoms with van der Waals surface area (Å²) in [6.45, 7) is 10.1. The van der Waals surface area contributed by atoms with Gasteiger partial charge in [0.15, 0.2) is 0 Å². The van der Waals surface area contributed by atoms with Gasteiger partial charge in [-0.15, -0.1) is 0 Å². The molecule has 0 radical (unpaired) electrons. The van der Waals surface area contributed by atoms with Gasteiger partial charge in [0.1, 0.15) is 0 Å². The van der Waals surface area contributed by atoms with Crippen molar-refractivity contribution in [3.05, 3.63) is 34.9 Å². The average Bonchev–Trinajstić information content (AvgIpc) is 2.44. The lowest BCUT2D eigenvalue weighted by Gasteiger charge is -2.32. The summed E-state index contributed by atoms with van der Waals surface area (Å²) in [5, 5.41) is 0. The monoisotopic (exact) mass is 288 g/mol. The number of hydrogen-bond donors (Lipinski definition) is 1. The molecular formula is C18H28N2O.